The summed E-state index contributed by atoms with van der Waals surface area (Å²) in [4.78, 5) is 4.93. The standard InChI is InChI=1S/C18H30N4O2S/c1-4-19-18(20-13-15(2)3)21-14-16-7-9-17(10-8-16)25(23,24)22-11-5-6-12-22/h7-10,15H,4-6,11-14H2,1-3H3,(H2,19,20,21). The van der Waals surface area contributed by atoms with Crippen LogP contribution in [0.3, 0.4) is 0 Å². The molecule has 0 aromatic heterocycles. The van der Waals surface area contributed by atoms with Gasteiger partial charge in [-0.05, 0) is 43.4 Å². The number of hydrogen-bond donors (Lipinski definition) is 2. The Bertz CT molecular complexity index is 663. The molecule has 0 unspecified atom stereocenters. The van der Waals surface area contributed by atoms with E-state index in [2.05, 4.69) is 29.5 Å². The van der Waals surface area contributed by atoms with Crippen molar-refractivity contribution < 1.29 is 8.42 Å². The molecule has 0 amide bonds. The molecule has 0 radical (unpaired) electrons. The van der Waals surface area contributed by atoms with Gasteiger partial charge >= 0.3 is 0 Å². The van der Waals surface area contributed by atoms with E-state index >= 15 is 0 Å². The van der Waals surface area contributed by atoms with Crippen molar-refractivity contribution in [3.8, 4) is 0 Å². The van der Waals surface area contributed by atoms with Crippen molar-refractivity contribution in [2.75, 3.05) is 26.2 Å². The molecule has 1 fully saturated rings. The second-order valence-corrected chi connectivity index (χ2v) is 8.66. The Labute approximate surface area is 151 Å². The van der Waals surface area contributed by atoms with Gasteiger partial charge in [0, 0.05) is 26.2 Å². The summed E-state index contributed by atoms with van der Waals surface area (Å²) in [5, 5.41) is 6.52. The van der Waals surface area contributed by atoms with Crippen molar-refractivity contribution >= 4 is 16.0 Å². The second-order valence-electron chi connectivity index (χ2n) is 6.73. The average Bonchev–Trinajstić information content (AvgIpc) is 3.13. The Morgan fingerprint density at radius 2 is 1.80 bits per heavy atom. The van der Waals surface area contributed by atoms with Crippen LogP contribution in [0.15, 0.2) is 34.2 Å². The van der Waals surface area contributed by atoms with Gasteiger partial charge in [0.1, 0.15) is 0 Å². The highest BCUT2D eigenvalue weighted by atomic mass is 32.2. The molecule has 1 aliphatic heterocycles. The van der Waals surface area contributed by atoms with Gasteiger partial charge in [-0.25, -0.2) is 13.4 Å². The average molecular weight is 367 g/mol. The Balaban J connectivity index is 2.02. The van der Waals surface area contributed by atoms with Crippen LogP contribution in [0.5, 0.6) is 0 Å². The Morgan fingerprint density at radius 3 is 2.36 bits per heavy atom. The first kappa shape index (κ1) is 19.7. The topological polar surface area (TPSA) is 73.8 Å². The van der Waals surface area contributed by atoms with Gasteiger partial charge in [-0.1, -0.05) is 26.0 Å². The first-order valence-electron chi connectivity index (χ1n) is 9.04. The van der Waals surface area contributed by atoms with Gasteiger partial charge in [0.2, 0.25) is 10.0 Å². The molecule has 0 bridgehead atoms. The van der Waals surface area contributed by atoms with Crippen LogP contribution in [0.2, 0.25) is 0 Å². The van der Waals surface area contributed by atoms with E-state index < -0.39 is 10.0 Å². The summed E-state index contributed by atoms with van der Waals surface area (Å²) in [6.07, 6.45) is 1.89. The van der Waals surface area contributed by atoms with Gasteiger partial charge in [0.15, 0.2) is 5.96 Å². The molecule has 0 spiro atoms. The van der Waals surface area contributed by atoms with E-state index in [1.807, 2.05) is 19.1 Å². The van der Waals surface area contributed by atoms with Gasteiger partial charge in [-0.15, -0.1) is 0 Å². The zero-order valence-corrected chi connectivity index (χ0v) is 16.3. The molecule has 1 aromatic rings. The largest absolute Gasteiger partial charge is 0.357 e. The lowest BCUT2D eigenvalue weighted by molar-refractivity contribution is 0.477. The predicted octanol–water partition coefficient (Wildman–Crippen LogP) is 2.18. The monoisotopic (exact) mass is 366 g/mol. The third kappa shape index (κ3) is 5.71. The number of sulfonamides is 1. The number of rotatable bonds is 7. The van der Waals surface area contributed by atoms with Crippen molar-refractivity contribution in [1.29, 1.82) is 0 Å². The minimum atomic E-state index is -3.34. The summed E-state index contributed by atoms with van der Waals surface area (Å²) in [6, 6.07) is 7.07. The molecule has 0 aliphatic carbocycles. The lowest BCUT2D eigenvalue weighted by atomic mass is 10.2. The molecular formula is C18H30N4O2S. The Morgan fingerprint density at radius 1 is 1.16 bits per heavy atom. The van der Waals surface area contributed by atoms with Crippen molar-refractivity contribution in [1.82, 2.24) is 14.9 Å². The highest BCUT2D eigenvalue weighted by Crippen LogP contribution is 2.21. The lowest BCUT2D eigenvalue weighted by Crippen LogP contribution is -2.39. The van der Waals surface area contributed by atoms with Crippen molar-refractivity contribution in [3.63, 3.8) is 0 Å². The molecule has 25 heavy (non-hydrogen) atoms. The number of hydrogen-bond acceptors (Lipinski definition) is 3. The molecule has 1 aromatic carbocycles. The third-order valence-corrected chi connectivity index (χ3v) is 5.98. The first-order valence-corrected chi connectivity index (χ1v) is 10.5. The van der Waals surface area contributed by atoms with E-state index in [0.717, 1.165) is 37.5 Å². The lowest BCUT2D eigenvalue weighted by Gasteiger charge is -2.15. The molecule has 1 saturated heterocycles. The van der Waals surface area contributed by atoms with Crippen molar-refractivity contribution in [3.05, 3.63) is 29.8 Å². The van der Waals surface area contributed by atoms with Gasteiger partial charge in [-0.3, -0.25) is 0 Å². The molecule has 2 N–H and O–H groups in total. The van der Waals surface area contributed by atoms with E-state index in [0.29, 0.717) is 30.4 Å². The number of guanidine groups is 1. The summed E-state index contributed by atoms with van der Waals surface area (Å²) in [5.74, 6) is 1.32. The zero-order chi connectivity index (χ0) is 18.3. The highest BCUT2D eigenvalue weighted by molar-refractivity contribution is 7.89. The maximum Gasteiger partial charge on any atom is 0.243 e. The smallest absolute Gasteiger partial charge is 0.243 e. The van der Waals surface area contributed by atoms with E-state index in [-0.39, 0.29) is 0 Å². The molecule has 0 saturated carbocycles. The molecule has 1 heterocycles. The van der Waals surface area contributed by atoms with Crippen LogP contribution in [0.1, 0.15) is 39.2 Å². The Kier molecular flexibility index (Phi) is 7.25. The van der Waals surface area contributed by atoms with Gasteiger partial charge in [-0.2, -0.15) is 4.31 Å². The highest BCUT2D eigenvalue weighted by Gasteiger charge is 2.26. The van der Waals surface area contributed by atoms with Crippen LogP contribution in [0, 0.1) is 5.92 Å². The fourth-order valence-electron chi connectivity index (χ4n) is 2.66. The van der Waals surface area contributed by atoms with Crippen molar-refractivity contribution in [2.24, 2.45) is 10.9 Å². The minimum Gasteiger partial charge on any atom is -0.357 e. The molecule has 140 valence electrons. The summed E-state index contributed by atoms with van der Waals surface area (Å²) in [6.45, 7) is 9.76. The fraction of sp³-hybridized carbons (Fsp3) is 0.611. The van der Waals surface area contributed by atoms with Crippen LogP contribution < -0.4 is 10.6 Å². The second kappa shape index (κ2) is 9.20. The van der Waals surface area contributed by atoms with E-state index in [9.17, 15) is 8.42 Å². The predicted molar refractivity (Wildman–Crippen MR) is 102 cm³/mol. The van der Waals surface area contributed by atoms with E-state index in [4.69, 9.17) is 0 Å². The summed E-state index contributed by atoms with van der Waals surface area (Å²) < 4.78 is 26.6. The Hall–Kier alpha value is -1.60. The summed E-state index contributed by atoms with van der Waals surface area (Å²) in [5.41, 5.74) is 0.988. The maximum absolute atomic E-state index is 12.5. The normalized spacial score (nSPS) is 16.4. The molecule has 7 heteroatoms. The summed E-state index contributed by atoms with van der Waals surface area (Å²) in [7, 11) is -3.34. The zero-order valence-electron chi connectivity index (χ0n) is 15.5. The number of benzene rings is 1. The van der Waals surface area contributed by atoms with Crippen molar-refractivity contribution in [2.45, 2.75) is 45.1 Å². The van der Waals surface area contributed by atoms with Crippen LogP contribution in [-0.4, -0.2) is 44.9 Å². The van der Waals surface area contributed by atoms with Crippen LogP contribution >= 0.6 is 0 Å². The van der Waals surface area contributed by atoms with Gasteiger partial charge in [0.25, 0.3) is 0 Å². The SMILES string of the molecule is CCNC(=NCc1ccc(S(=O)(=O)N2CCCC2)cc1)NCC(C)C. The number of aliphatic imine (C=N–C) groups is 1. The first-order chi connectivity index (χ1) is 11.9. The van der Waals surface area contributed by atoms with Crippen LogP contribution in [0.4, 0.5) is 0 Å². The molecular weight excluding hydrogens is 336 g/mol. The summed E-state index contributed by atoms with van der Waals surface area (Å²) >= 11 is 0. The molecule has 2 rings (SSSR count). The van der Waals surface area contributed by atoms with Crippen LogP contribution in [0.25, 0.3) is 0 Å². The number of nitrogens with one attached hydrogen (secondary N) is 2. The molecule has 6 nitrogen and oxygen atoms in total. The van der Waals surface area contributed by atoms with Crippen LogP contribution in [-0.2, 0) is 16.6 Å². The maximum atomic E-state index is 12.5. The van der Waals surface area contributed by atoms with E-state index in [1.165, 1.54) is 0 Å². The van der Waals surface area contributed by atoms with Gasteiger partial charge < -0.3 is 10.6 Å². The molecule has 1 aliphatic rings. The third-order valence-electron chi connectivity index (χ3n) is 4.07. The quantitative estimate of drug-likeness (QED) is 0.573. The minimum absolute atomic E-state index is 0.368. The van der Waals surface area contributed by atoms with E-state index in [1.54, 1.807) is 16.4 Å². The van der Waals surface area contributed by atoms with Gasteiger partial charge in [0.05, 0.1) is 11.4 Å². The molecule has 0 atom stereocenters. The fourth-order valence-corrected chi connectivity index (χ4v) is 4.17. The number of nitrogens with zero attached hydrogens (tertiary/aromatic N) is 2.